The Kier molecular flexibility index (Phi) is 3.87. The topological polar surface area (TPSA) is 67.0 Å². The minimum atomic E-state index is -0.259. The van der Waals surface area contributed by atoms with Crippen LogP contribution in [0.3, 0.4) is 0 Å². The predicted molar refractivity (Wildman–Crippen MR) is 86.8 cm³/mol. The highest BCUT2D eigenvalue weighted by Gasteiger charge is 2.04. The number of aromatic amines is 1. The molecular formula is C17H15N3O2. The fourth-order valence-corrected chi connectivity index (χ4v) is 2.14. The van der Waals surface area contributed by atoms with E-state index in [-0.39, 0.29) is 5.91 Å². The van der Waals surface area contributed by atoms with Gasteiger partial charge in [-0.15, -0.1) is 0 Å². The number of amides is 1. The van der Waals surface area contributed by atoms with Gasteiger partial charge >= 0.3 is 0 Å². The Morgan fingerprint density at radius 2 is 1.95 bits per heavy atom. The van der Waals surface area contributed by atoms with Crippen molar-refractivity contribution in [1.29, 1.82) is 0 Å². The lowest BCUT2D eigenvalue weighted by atomic mass is 10.2. The maximum absolute atomic E-state index is 12.0. The van der Waals surface area contributed by atoms with E-state index in [2.05, 4.69) is 15.3 Å². The van der Waals surface area contributed by atoms with Gasteiger partial charge in [-0.3, -0.25) is 10.1 Å². The Balaban J connectivity index is 1.73. The average Bonchev–Trinajstić information content (AvgIpc) is 2.95. The molecule has 1 heterocycles. The summed E-state index contributed by atoms with van der Waals surface area (Å²) in [4.78, 5) is 19.3. The number of hydrogen-bond acceptors (Lipinski definition) is 3. The van der Waals surface area contributed by atoms with Gasteiger partial charge in [0.15, 0.2) is 0 Å². The van der Waals surface area contributed by atoms with Crippen molar-refractivity contribution in [1.82, 2.24) is 9.97 Å². The van der Waals surface area contributed by atoms with Crippen LogP contribution in [-0.4, -0.2) is 23.0 Å². The van der Waals surface area contributed by atoms with E-state index in [4.69, 9.17) is 4.74 Å². The van der Waals surface area contributed by atoms with Crippen molar-refractivity contribution in [2.24, 2.45) is 0 Å². The van der Waals surface area contributed by atoms with Crippen molar-refractivity contribution in [3.8, 4) is 5.75 Å². The first-order chi connectivity index (χ1) is 10.8. The van der Waals surface area contributed by atoms with Crippen LogP contribution in [0.15, 0.2) is 54.6 Å². The molecule has 0 radical (unpaired) electrons. The fourth-order valence-electron chi connectivity index (χ4n) is 2.14. The number of aromatic nitrogens is 2. The van der Waals surface area contributed by atoms with Gasteiger partial charge in [-0.2, -0.15) is 0 Å². The molecule has 1 amide bonds. The number of methoxy groups -OCH3 is 1. The third-order valence-corrected chi connectivity index (χ3v) is 3.18. The quantitative estimate of drug-likeness (QED) is 0.726. The van der Waals surface area contributed by atoms with E-state index in [9.17, 15) is 4.79 Å². The molecule has 2 aromatic carbocycles. The van der Waals surface area contributed by atoms with Crippen LogP contribution in [0.5, 0.6) is 5.75 Å². The van der Waals surface area contributed by atoms with E-state index in [1.165, 1.54) is 6.08 Å². The first-order valence-electron chi connectivity index (χ1n) is 6.83. The molecule has 5 nitrogen and oxygen atoms in total. The monoisotopic (exact) mass is 293 g/mol. The first-order valence-corrected chi connectivity index (χ1v) is 6.83. The number of fused-ring (bicyclic) bond motifs is 1. The molecule has 0 saturated heterocycles. The molecule has 0 aliphatic carbocycles. The number of hydrogen-bond donors (Lipinski definition) is 2. The minimum Gasteiger partial charge on any atom is -0.496 e. The average molecular weight is 293 g/mol. The lowest BCUT2D eigenvalue weighted by molar-refractivity contribution is -0.111. The SMILES string of the molecule is COc1ccccc1/C=C/C(=O)Nc1nc2ccccc2[nH]1. The number of benzene rings is 2. The van der Waals surface area contributed by atoms with Gasteiger partial charge in [0, 0.05) is 11.6 Å². The molecule has 2 N–H and O–H groups in total. The maximum atomic E-state index is 12.0. The fraction of sp³-hybridized carbons (Fsp3) is 0.0588. The van der Waals surface area contributed by atoms with Gasteiger partial charge in [0.25, 0.3) is 5.91 Å². The van der Waals surface area contributed by atoms with Gasteiger partial charge in [0.1, 0.15) is 5.75 Å². The number of nitrogens with zero attached hydrogens (tertiary/aromatic N) is 1. The van der Waals surface area contributed by atoms with E-state index < -0.39 is 0 Å². The smallest absolute Gasteiger partial charge is 0.250 e. The highest BCUT2D eigenvalue weighted by molar-refractivity contribution is 6.01. The lowest BCUT2D eigenvalue weighted by Crippen LogP contribution is -2.08. The molecule has 22 heavy (non-hydrogen) atoms. The second-order valence-electron chi connectivity index (χ2n) is 4.67. The van der Waals surface area contributed by atoms with Gasteiger partial charge in [-0.05, 0) is 24.3 Å². The summed E-state index contributed by atoms with van der Waals surface area (Å²) in [7, 11) is 1.60. The summed E-state index contributed by atoms with van der Waals surface area (Å²) in [5.74, 6) is 0.885. The number of carbonyl (C=O) groups excluding carboxylic acids is 1. The standard InChI is InChI=1S/C17H15N3O2/c1-22-15-9-5-2-6-12(15)10-11-16(21)20-17-18-13-7-3-4-8-14(13)19-17/h2-11H,1H3,(H2,18,19,20,21)/b11-10+. The minimum absolute atomic E-state index is 0.259. The normalized spacial score (nSPS) is 11.0. The lowest BCUT2D eigenvalue weighted by Gasteiger charge is -2.03. The Bertz CT molecular complexity index is 804. The largest absolute Gasteiger partial charge is 0.496 e. The zero-order valence-corrected chi connectivity index (χ0v) is 12.0. The third kappa shape index (κ3) is 2.98. The number of anilines is 1. The van der Waals surface area contributed by atoms with Gasteiger partial charge in [0.2, 0.25) is 5.95 Å². The van der Waals surface area contributed by atoms with Crippen LogP contribution in [0.4, 0.5) is 5.95 Å². The molecule has 0 atom stereocenters. The highest BCUT2D eigenvalue weighted by Crippen LogP contribution is 2.18. The number of rotatable bonds is 4. The van der Waals surface area contributed by atoms with E-state index >= 15 is 0 Å². The zero-order valence-electron chi connectivity index (χ0n) is 12.0. The second kappa shape index (κ2) is 6.13. The van der Waals surface area contributed by atoms with Crippen LogP contribution in [-0.2, 0) is 4.79 Å². The zero-order chi connectivity index (χ0) is 15.4. The molecule has 3 rings (SSSR count). The molecule has 1 aromatic heterocycles. The molecule has 0 aliphatic rings. The summed E-state index contributed by atoms with van der Waals surface area (Å²) in [6.45, 7) is 0. The number of carbonyl (C=O) groups is 1. The maximum Gasteiger partial charge on any atom is 0.250 e. The second-order valence-corrected chi connectivity index (χ2v) is 4.67. The first kappa shape index (κ1) is 13.9. The van der Waals surface area contributed by atoms with Crippen molar-refractivity contribution < 1.29 is 9.53 Å². The molecular weight excluding hydrogens is 278 g/mol. The van der Waals surface area contributed by atoms with E-state index in [0.29, 0.717) is 5.95 Å². The molecule has 110 valence electrons. The van der Waals surface area contributed by atoms with Crippen LogP contribution in [0.1, 0.15) is 5.56 Å². The summed E-state index contributed by atoms with van der Waals surface area (Å²) in [5.41, 5.74) is 2.53. The summed E-state index contributed by atoms with van der Waals surface area (Å²) in [6, 6.07) is 15.1. The van der Waals surface area contributed by atoms with Crippen LogP contribution in [0, 0.1) is 0 Å². The van der Waals surface area contributed by atoms with E-state index in [0.717, 1.165) is 22.3 Å². The molecule has 5 heteroatoms. The number of imidazole rings is 1. The van der Waals surface area contributed by atoms with Gasteiger partial charge < -0.3 is 9.72 Å². The number of nitrogens with one attached hydrogen (secondary N) is 2. The Morgan fingerprint density at radius 1 is 1.18 bits per heavy atom. The van der Waals surface area contributed by atoms with Crippen molar-refractivity contribution >= 4 is 29.0 Å². The van der Waals surface area contributed by atoms with Gasteiger partial charge in [0.05, 0.1) is 18.1 Å². The summed E-state index contributed by atoms with van der Waals surface area (Å²) in [6.07, 6.45) is 3.15. The van der Waals surface area contributed by atoms with Crippen LogP contribution in [0.2, 0.25) is 0 Å². The van der Waals surface area contributed by atoms with Crippen LogP contribution >= 0.6 is 0 Å². The Hall–Kier alpha value is -3.08. The summed E-state index contributed by atoms with van der Waals surface area (Å²) in [5, 5.41) is 2.71. The molecule has 0 bridgehead atoms. The number of H-pyrrole nitrogens is 1. The number of ether oxygens (including phenoxy) is 1. The van der Waals surface area contributed by atoms with Crippen LogP contribution in [0.25, 0.3) is 17.1 Å². The van der Waals surface area contributed by atoms with Crippen molar-refractivity contribution in [2.45, 2.75) is 0 Å². The van der Waals surface area contributed by atoms with Crippen LogP contribution < -0.4 is 10.1 Å². The van der Waals surface area contributed by atoms with Gasteiger partial charge in [-0.1, -0.05) is 30.3 Å². The Morgan fingerprint density at radius 3 is 2.77 bits per heavy atom. The molecule has 0 fully saturated rings. The summed E-state index contributed by atoms with van der Waals surface area (Å²) < 4.78 is 5.23. The van der Waals surface area contributed by atoms with Crippen molar-refractivity contribution in [3.05, 3.63) is 60.2 Å². The Labute approximate surface area is 127 Å². The molecule has 0 aliphatic heterocycles. The predicted octanol–water partition coefficient (Wildman–Crippen LogP) is 3.22. The number of para-hydroxylation sites is 3. The molecule has 0 saturated carbocycles. The molecule has 3 aromatic rings. The molecule has 0 spiro atoms. The van der Waals surface area contributed by atoms with Crippen molar-refractivity contribution in [2.75, 3.05) is 12.4 Å². The van der Waals surface area contributed by atoms with E-state index in [1.807, 2.05) is 48.5 Å². The highest BCUT2D eigenvalue weighted by atomic mass is 16.5. The van der Waals surface area contributed by atoms with Crippen molar-refractivity contribution in [3.63, 3.8) is 0 Å². The van der Waals surface area contributed by atoms with Gasteiger partial charge in [-0.25, -0.2) is 4.98 Å². The molecule has 0 unspecified atom stereocenters. The summed E-state index contributed by atoms with van der Waals surface area (Å²) >= 11 is 0. The van der Waals surface area contributed by atoms with E-state index in [1.54, 1.807) is 13.2 Å². The third-order valence-electron chi connectivity index (χ3n) is 3.18.